The molecule has 0 unspecified atom stereocenters. The molecule has 1 aromatic carbocycles. The third-order valence-electron chi connectivity index (χ3n) is 4.36. The van der Waals surface area contributed by atoms with E-state index >= 15 is 0 Å². The molecule has 1 saturated heterocycles. The van der Waals surface area contributed by atoms with Crippen LogP contribution in [-0.4, -0.2) is 46.4 Å². The van der Waals surface area contributed by atoms with Crippen LogP contribution < -0.4 is 5.32 Å². The van der Waals surface area contributed by atoms with Crippen molar-refractivity contribution in [3.63, 3.8) is 0 Å². The van der Waals surface area contributed by atoms with Crippen LogP contribution in [0.15, 0.2) is 24.3 Å². The smallest absolute Gasteiger partial charge is 0.335 e. The van der Waals surface area contributed by atoms with Gasteiger partial charge in [-0.25, -0.2) is 4.79 Å². The van der Waals surface area contributed by atoms with Crippen molar-refractivity contribution in [3.05, 3.63) is 35.4 Å². The number of rotatable bonds is 4. The fourth-order valence-electron chi connectivity index (χ4n) is 2.92. The molecular weight excluding hydrogens is 284 g/mol. The molecule has 2 aliphatic rings. The van der Waals surface area contributed by atoms with E-state index in [9.17, 15) is 14.4 Å². The zero-order chi connectivity index (χ0) is 15.9. The van der Waals surface area contributed by atoms with Crippen LogP contribution in [0.2, 0.25) is 0 Å². The highest BCUT2D eigenvalue weighted by Crippen LogP contribution is 2.37. The first-order valence-electron chi connectivity index (χ1n) is 7.39. The quantitative estimate of drug-likeness (QED) is 0.872. The lowest BCUT2D eigenvalue weighted by molar-refractivity contribution is -0.128. The molecule has 1 saturated carbocycles. The number of hydrogen-bond donors (Lipinski definition) is 2. The lowest BCUT2D eigenvalue weighted by atomic mass is 10.1. The van der Waals surface area contributed by atoms with E-state index in [1.165, 1.54) is 24.3 Å². The molecule has 2 N–H and O–H groups in total. The zero-order valence-corrected chi connectivity index (χ0v) is 12.3. The highest BCUT2D eigenvalue weighted by Gasteiger charge is 2.44. The summed E-state index contributed by atoms with van der Waals surface area (Å²) in [6.45, 7) is 2.68. The lowest BCUT2D eigenvalue weighted by Crippen LogP contribution is -2.37. The molecule has 1 heterocycles. The summed E-state index contributed by atoms with van der Waals surface area (Å²) >= 11 is 0. The number of amides is 2. The second-order valence-corrected chi connectivity index (χ2v) is 6.08. The van der Waals surface area contributed by atoms with Gasteiger partial charge < -0.3 is 15.3 Å². The van der Waals surface area contributed by atoms with Gasteiger partial charge in [-0.1, -0.05) is 6.92 Å². The van der Waals surface area contributed by atoms with E-state index in [-0.39, 0.29) is 23.4 Å². The average Bonchev–Trinajstić information content (AvgIpc) is 3.09. The maximum Gasteiger partial charge on any atom is 0.335 e. The van der Waals surface area contributed by atoms with E-state index < -0.39 is 5.97 Å². The maximum atomic E-state index is 12.2. The van der Waals surface area contributed by atoms with Gasteiger partial charge in [-0.2, -0.15) is 0 Å². The maximum absolute atomic E-state index is 12.2. The molecule has 0 spiro atoms. The van der Waals surface area contributed by atoms with Crippen molar-refractivity contribution >= 4 is 17.8 Å². The Morgan fingerprint density at radius 3 is 2.36 bits per heavy atom. The Morgan fingerprint density at radius 1 is 1.23 bits per heavy atom. The van der Waals surface area contributed by atoms with Crippen LogP contribution in [0.3, 0.4) is 0 Å². The van der Waals surface area contributed by atoms with Gasteiger partial charge in [0.25, 0.3) is 5.91 Å². The molecule has 1 aliphatic heterocycles. The van der Waals surface area contributed by atoms with Crippen LogP contribution in [0, 0.1) is 5.92 Å². The molecule has 2 amide bonds. The SMILES string of the molecule is C[C@@H]1C[C@@H]1N1C[C@@H](NC(=O)c2ccc(C(=O)O)cc2)CC1=O. The van der Waals surface area contributed by atoms with E-state index in [1.54, 1.807) is 0 Å². The topological polar surface area (TPSA) is 86.7 Å². The molecule has 2 fully saturated rings. The average molecular weight is 302 g/mol. The number of nitrogens with zero attached hydrogens (tertiary/aromatic N) is 1. The molecule has 1 aromatic rings. The molecule has 6 heteroatoms. The van der Waals surface area contributed by atoms with E-state index in [4.69, 9.17) is 5.11 Å². The van der Waals surface area contributed by atoms with E-state index in [2.05, 4.69) is 12.2 Å². The molecule has 3 atom stereocenters. The predicted octanol–water partition coefficient (Wildman–Crippen LogP) is 1.12. The molecule has 116 valence electrons. The normalized spacial score (nSPS) is 26.9. The minimum atomic E-state index is -1.03. The molecule has 0 bridgehead atoms. The third kappa shape index (κ3) is 2.81. The number of nitrogens with one attached hydrogen (secondary N) is 1. The number of hydrogen-bond acceptors (Lipinski definition) is 3. The summed E-state index contributed by atoms with van der Waals surface area (Å²) in [4.78, 5) is 36.8. The summed E-state index contributed by atoms with van der Waals surface area (Å²) in [7, 11) is 0. The Bertz CT molecular complexity index is 626. The second-order valence-electron chi connectivity index (χ2n) is 6.08. The number of benzene rings is 1. The van der Waals surface area contributed by atoms with E-state index in [0.29, 0.717) is 30.5 Å². The van der Waals surface area contributed by atoms with E-state index in [0.717, 1.165) is 6.42 Å². The molecule has 0 radical (unpaired) electrons. The first-order valence-corrected chi connectivity index (χ1v) is 7.39. The number of aromatic carboxylic acids is 1. The van der Waals surface area contributed by atoms with Crippen molar-refractivity contribution in [1.82, 2.24) is 10.2 Å². The minimum absolute atomic E-state index is 0.0980. The molecular formula is C16H18N2O4. The molecule has 3 rings (SSSR count). The summed E-state index contributed by atoms with van der Waals surface area (Å²) in [5.74, 6) is -0.647. The number of likely N-dealkylation sites (tertiary alicyclic amines) is 1. The summed E-state index contributed by atoms with van der Waals surface area (Å²) in [5.41, 5.74) is 0.539. The Labute approximate surface area is 128 Å². The summed E-state index contributed by atoms with van der Waals surface area (Å²) < 4.78 is 0. The molecule has 1 aliphatic carbocycles. The number of carboxylic acid groups (broad SMARTS) is 1. The largest absolute Gasteiger partial charge is 0.478 e. The van der Waals surface area contributed by atoms with Crippen molar-refractivity contribution in [1.29, 1.82) is 0 Å². The van der Waals surface area contributed by atoms with Gasteiger partial charge >= 0.3 is 5.97 Å². The standard InChI is InChI=1S/C16H18N2O4/c1-9-6-13(9)18-8-12(7-14(18)19)17-15(20)10-2-4-11(5-3-10)16(21)22/h2-5,9,12-13H,6-8H2,1H3,(H,17,20)(H,21,22)/t9-,12+,13+/m1/s1. The summed E-state index contributed by atoms with van der Waals surface area (Å²) in [6, 6.07) is 5.92. The Kier molecular flexibility index (Phi) is 3.60. The van der Waals surface area contributed by atoms with E-state index in [1.807, 2.05) is 4.90 Å². The van der Waals surface area contributed by atoms with Gasteiger partial charge in [0.1, 0.15) is 0 Å². The summed E-state index contributed by atoms with van der Waals surface area (Å²) in [5, 5.41) is 11.7. The first-order chi connectivity index (χ1) is 10.5. The lowest BCUT2D eigenvalue weighted by Gasteiger charge is -2.17. The fraction of sp³-hybridized carbons (Fsp3) is 0.438. The number of carboxylic acids is 1. The van der Waals surface area contributed by atoms with Gasteiger partial charge in [0.15, 0.2) is 0 Å². The number of carbonyl (C=O) groups excluding carboxylic acids is 2. The van der Waals surface area contributed by atoms with Crippen molar-refractivity contribution < 1.29 is 19.5 Å². The van der Waals surface area contributed by atoms with Gasteiger partial charge in [-0.05, 0) is 36.6 Å². The van der Waals surface area contributed by atoms with Crippen LogP contribution in [0.4, 0.5) is 0 Å². The second kappa shape index (κ2) is 5.44. The van der Waals surface area contributed by atoms with Gasteiger partial charge in [0, 0.05) is 24.6 Å². The molecule has 0 aromatic heterocycles. The van der Waals surface area contributed by atoms with Crippen LogP contribution in [0.25, 0.3) is 0 Å². The summed E-state index contributed by atoms with van der Waals surface area (Å²) in [6.07, 6.45) is 1.38. The van der Waals surface area contributed by atoms with Crippen LogP contribution in [0.5, 0.6) is 0 Å². The van der Waals surface area contributed by atoms with Crippen molar-refractivity contribution in [2.75, 3.05) is 6.54 Å². The van der Waals surface area contributed by atoms with Gasteiger partial charge in [-0.3, -0.25) is 9.59 Å². The van der Waals surface area contributed by atoms with Gasteiger partial charge in [0.2, 0.25) is 5.91 Å². The molecule has 6 nitrogen and oxygen atoms in total. The fourth-order valence-corrected chi connectivity index (χ4v) is 2.92. The van der Waals surface area contributed by atoms with Crippen LogP contribution in [-0.2, 0) is 4.79 Å². The van der Waals surface area contributed by atoms with Crippen molar-refractivity contribution in [2.45, 2.75) is 31.8 Å². The third-order valence-corrected chi connectivity index (χ3v) is 4.36. The van der Waals surface area contributed by atoms with Crippen LogP contribution >= 0.6 is 0 Å². The Balaban J connectivity index is 1.60. The monoisotopic (exact) mass is 302 g/mol. The highest BCUT2D eigenvalue weighted by molar-refractivity contribution is 5.96. The van der Waals surface area contributed by atoms with Crippen molar-refractivity contribution in [2.24, 2.45) is 5.92 Å². The molecule has 22 heavy (non-hydrogen) atoms. The Morgan fingerprint density at radius 2 is 1.82 bits per heavy atom. The Hall–Kier alpha value is -2.37. The zero-order valence-electron chi connectivity index (χ0n) is 12.3. The first kappa shape index (κ1) is 14.6. The van der Waals surface area contributed by atoms with Crippen LogP contribution in [0.1, 0.15) is 40.5 Å². The number of carbonyl (C=O) groups is 3. The van der Waals surface area contributed by atoms with Gasteiger partial charge in [0.05, 0.1) is 11.6 Å². The highest BCUT2D eigenvalue weighted by atomic mass is 16.4. The van der Waals surface area contributed by atoms with Gasteiger partial charge in [-0.15, -0.1) is 0 Å². The predicted molar refractivity (Wildman–Crippen MR) is 78.6 cm³/mol. The minimum Gasteiger partial charge on any atom is -0.478 e. The van der Waals surface area contributed by atoms with Crippen molar-refractivity contribution in [3.8, 4) is 0 Å².